The fourth-order valence-corrected chi connectivity index (χ4v) is 2.50. The van der Waals surface area contributed by atoms with Crippen molar-refractivity contribution >= 4 is 5.91 Å². The number of hydrogen-bond donors (Lipinski definition) is 1. The zero-order chi connectivity index (χ0) is 18.4. The summed E-state index contributed by atoms with van der Waals surface area (Å²) in [5.41, 5.74) is 1.46. The third kappa shape index (κ3) is 4.47. The summed E-state index contributed by atoms with van der Waals surface area (Å²) in [7, 11) is 0. The molecule has 0 spiro atoms. The summed E-state index contributed by atoms with van der Waals surface area (Å²) < 4.78 is 27.7. The first-order valence-corrected chi connectivity index (χ1v) is 8.17. The monoisotopic (exact) mass is 357 g/mol. The van der Waals surface area contributed by atoms with E-state index in [-0.39, 0.29) is 18.1 Å². The average molecular weight is 357 g/mol. The highest BCUT2D eigenvalue weighted by Gasteiger charge is 2.12. The van der Waals surface area contributed by atoms with Gasteiger partial charge in [-0.3, -0.25) is 4.79 Å². The Morgan fingerprint density at radius 1 is 1.08 bits per heavy atom. The number of amides is 1. The molecule has 3 aromatic rings. The van der Waals surface area contributed by atoms with Gasteiger partial charge in [0.15, 0.2) is 17.5 Å². The molecule has 0 fully saturated rings. The van der Waals surface area contributed by atoms with Gasteiger partial charge in [0, 0.05) is 12.5 Å². The molecule has 0 bridgehead atoms. The summed E-state index contributed by atoms with van der Waals surface area (Å²) >= 11 is 0. The molecule has 0 atom stereocenters. The Morgan fingerprint density at radius 3 is 2.65 bits per heavy atom. The molecule has 0 aliphatic heterocycles. The largest absolute Gasteiger partial charge is 0.349 e. The second kappa shape index (κ2) is 8.28. The summed E-state index contributed by atoms with van der Waals surface area (Å²) in [4.78, 5) is 12.0. The van der Waals surface area contributed by atoms with E-state index in [9.17, 15) is 13.6 Å². The second-order valence-corrected chi connectivity index (χ2v) is 5.72. The maximum atomic E-state index is 13.4. The maximum Gasteiger partial charge on any atom is 0.220 e. The van der Waals surface area contributed by atoms with E-state index in [0.29, 0.717) is 12.2 Å². The maximum absolute atomic E-state index is 13.4. The van der Waals surface area contributed by atoms with Crippen LogP contribution in [0.15, 0.2) is 48.5 Å². The van der Waals surface area contributed by atoms with E-state index >= 15 is 0 Å². The van der Waals surface area contributed by atoms with Crippen LogP contribution in [0.25, 0.3) is 5.69 Å². The van der Waals surface area contributed by atoms with Crippen molar-refractivity contribution in [2.24, 2.45) is 0 Å². The third-order valence-electron chi connectivity index (χ3n) is 3.84. The molecule has 1 N–H and O–H groups in total. The summed E-state index contributed by atoms with van der Waals surface area (Å²) in [5.74, 6) is -1.74. The Kier molecular flexibility index (Phi) is 5.62. The van der Waals surface area contributed by atoms with Crippen LogP contribution in [0, 0.1) is 11.6 Å². The number of halogens is 2. The van der Waals surface area contributed by atoms with Crippen molar-refractivity contribution in [2.75, 3.05) is 0 Å². The quantitative estimate of drug-likeness (QED) is 0.705. The minimum atomic E-state index is -0.992. The van der Waals surface area contributed by atoms with E-state index in [4.69, 9.17) is 0 Å². The number of carbonyl (C=O) groups excluding carboxylic acids is 1. The topological polar surface area (TPSA) is 72.7 Å². The lowest BCUT2D eigenvalue weighted by Crippen LogP contribution is -2.24. The predicted molar refractivity (Wildman–Crippen MR) is 90.3 cm³/mol. The van der Waals surface area contributed by atoms with Crippen molar-refractivity contribution in [3.05, 3.63) is 71.6 Å². The number of nitrogens with one attached hydrogen (secondary N) is 1. The minimum absolute atomic E-state index is 0.0934. The van der Waals surface area contributed by atoms with Crippen molar-refractivity contribution in [1.82, 2.24) is 25.5 Å². The van der Waals surface area contributed by atoms with Gasteiger partial charge in [0.25, 0.3) is 0 Å². The summed E-state index contributed by atoms with van der Waals surface area (Å²) in [5, 5.41) is 13.8. The van der Waals surface area contributed by atoms with Crippen LogP contribution in [0.3, 0.4) is 0 Å². The van der Waals surface area contributed by atoms with Crippen LogP contribution in [0.5, 0.6) is 0 Å². The molecule has 134 valence electrons. The first kappa shape index (κ1) is 17.7. The molecule has 1 aromatic heterocycles. The highest BCUT2D eigenvalue weighted by molar-refractivity contribution is 5.75. The smallest absolute Gasteiger partial charge is 0.220 e. The molecule has 0 aliphatic rings. The first-order chi connectivity index (χ1) is 12.6. The van der Waals surface area contributed by atoms with Gasteiger partial charge >= 0.3 is 0 Å². The van der Waals surface area contributed by atoms with Crippen molar-refractivity contribution in [3.63, 3.8) is 0 Å². The SMILES string of the molecule is O=C(CCCc1ccccc1)NCc1nnnn1-c1ccc(F)c(F)c1. The summed E-state index contributed by atoms with van der Waals surface area (Å²) in [6, 6.07) is 13.3. The molecule has 26 heavy (non-hydrogen) atoms. The molecule has 6 nitrogen and oxygen atoms in total. The van der Waals surface area contributed by atoms with E-state index in [1.165, 1.54) is 16.3 Å². The fraction of sp³-hybridized carbons (Fsp3) is 0.222. The van der Waals surface area contributed by atoms with Gasteiger partial charge < -0.3 is 5.32 Å². The fourth-order valence-electron chi connectivity index (χ4n) is 2.50. The molecule has 2 aromatic carbocycles. The van der Waals surface area contributed by atoms with Gasteiger partial charge in [-0.15, -0.1) is 5.10 Å². The average Bonchev–Trinajstić information content (AvgIpc) is 3.12. The van der Waals surface area contributed by atoms with E-state index in [1.54, 1.807) is 0 Å². The molecule has 0 unspecified atom stereocenters. The number of aromatic nitrogens is 4. The Labute approximate surface area is 148 Å². The van der Waals surface area contributed by atoms with Crippen LogP contribution in [-0.4, -0.2) is 26.1 Å². The summed E-state index contributed by atoms with van der Waals surface area (Å²) in [6.45, 7) is 0.0934. The highest BCUT2D eigenvalue weighted by Crippen LogP contribution is 2.13. The molecule has 8 heteroatoms. The predicted octanol–water partition coefficient (Wildman–Crippen LogP) is 2.58. The number of hydrogen-bond acceptors (Lipinski definition) is 4. The Morgan fingerprint density at radius 2 is 1.88 bits per heavy atom. The number of nitrogens with zero attached hydrogens (tertiary/aromatic N) is 4. The minimum Gasteiger partial charge on any atom is -0.349 e. The Bertz CT molecular complexity index is 882. The molecular formula is C18H17F2N5O. The number of aryl methyl sites for hydroxylation is 1. The van der Waals surface area contributed by atoms with E-state index in [2.05, 4.69) is 20.8 Å². The summed E-state index contributed by atoms with van der Waals surface area (Å²) in [6.07, 6.45) is 1.92. The van der Waals surface area contributed by atoms with E-state index < -0.39 is 11.6 Å². The highest BCUT2D eigenvalue weighted by atomic mass is 19.2. The van der Waals surface area contributed by atoms with Crippen LogP contribution in [0.1, 0.15) is 24.2 Å². The molecule has 1 amide bonds. The van der Waals surface area contributed by atoms with E-state index in [0.717, 1.165) is 25.0 Å². The zero-order valence-corrected chi connectivity index (χ0v) is 13.9. The van der Waals surface area contributed by atoms with Crippen molar-refractivity contribution in [3.8, 4) is 5.69 Å². The van der Waals surface area contributed by atoms with Gasteiger partial charge in [-0.25, -0.2) is 8.78 Å². The van der Waals surface area contributed by atoms with Gasteiger partial charge in [0.05, 0.1) is 12.2 Å². The number of carbonyl (C=O) groups is 1. The van der Waals surface area contributed by atoms with Crippen molar-refractivity contribution in [1.29, 1.82) is 0 Å². The van der Waals surface area contributed by atoms with E-state index in [1.807, 2.05) is 30.3 Å². The van der Waals surface area contributed by atoms with Gasteiger partial charge in [-0.05, 0) is 41.0 Å². The molecule has 0 saturated carbocycles. The lowest BCUT2D eigenvalue weighted by Gasteiger charge is -2.07. The van der Waals surface area contributed by atoms with Crippen molar-refractivity contribution in [2.45, 2.75) is 25.8 Å². The van der Waals surface area contributed by atoms with Crippen LogP contribution in [0.2, 0.25) is 0 Å². The molecule has 0 aliphatic carbocycles. The van der Waals surface area contributed by atoms with Gasteiger partial charge in [-0.1, -0.05) is 30.3 Å². The number of rotatable bonds is 7. The molecule has 0 radical (unpaired) electrons. The lowest BCUT2D eigenvalue weighted by molar-refractivity contribution is -0.121. The standard InChI is InChI=1S/C18H17F2N5O/c19-15-10-9-14(11-16(15)20)25-17(22-23-24-25)12-21-18(26)8-4-7-13-5-2-1-3-6-13/h1-3,5-6,9-11H,4,7-8,12H2,(H,21,26). The number of benzene rings is 2. The number of tetrazole rings is 1. The second-order valence-electron chi connectivity index (χ2n) is 5.72. The van der Waals surface area contributed by atoms with Gasteiger partial charge in [0.2, 0.25) is 5.91 Å². The van der Waals surface area contributed by atoms with Crippen LogP contribution >= 0.6 is 0 Å². The van der Waals surface area contributed by atoms with Crippen LogP contribution < -0.4 is 5.32 Å². The van der Waals surface area contributed by atoms with Crippen molar-refractivity contribution < 1.29 is 13.6 Å². The Balaban J connectivity index is 1.53. The zero-order valence-electron chi connectivity index (χ0n) is 13.9. The van der Waals surface area contributed by atoms with Crippen LogP contribution in [0.4, 0.5) is 8.78 Å². The Hall–Kier alpha value is -3.16. The van der Waals surface area contributed by atoms with Crippen LogP contribution in [-0.2, 0) is 17.8 Å². The molecule has 1 heterocycles. The molecule has 3 rings (SSSR count). The van der Waals surface area contributed by atoms with Gasteiger partial charge in [-0.2, -0.15) is 4.68 Å². The lowest BCUT2D eigenvalue weighted by atomic mass is 10.1. The normalized spacial score (nSPS) is 10.7. The van der Waals surface area contributed by atoms with Gasteiger partial charge in [0.1, 0.15) is 0 Å². The molecule has 0 saturated heterocycles. The first-order valence-electron chi connectivity index (χ1n) is 8.17. The molecular weight excluding hydrogens is 340 g/mol. The third-order valence-corrected chi connectivity index (χ3v) is 3.84.